The van der Waals surface area contributed by atoms with Crippen molar-refractivity contribution in [2.45, 2.75) is 6.92 Å². The van der Waals surface area contributed by atoms with E-state index in [1.54, 1.807) is 0 Å². The van der Waals surface area contributed by atoms with Crippen molar-refractivity contribution in [3.63, 3.8) is 0 Å². The molecule has 0 atom stereocenters. The number of benzene rings is 1. The quantitative estimate of drug-likeness (QED) is 0.745. The van der Waals surface area contributed by atoms with Crippen molar-refractivity contribution in [3.05, 3.63) is 54.2 Å². The Hall–Kier alpha value is -1.54. The first kappa shape index (κ1) is 9.99. The van der Waals surface area contributed by atoms with Crippen LogP contribution in [0, 0.1) is 0 Å². The molecule has 1 aromatic rings. The highest BCUT2D eigenvalue weighted by atomic mass is 16.7. The maximum Gasteiger partial charge on any atom is 0.0720 e. The van der Waals surface area contributed by atoms with E-state index in [9.17, 15) is 0 Å². The topological polar surface area (TPSA) is 12.5 Å². The van der Waals surface area contributed by atoms with Gasteiger partial charge in [0.15, 0.2) is 0 Å². The fourth-order valence-corrected chi connectivity index (χ4v) is 1.59. The zero-order valence-electron chi connectivity index (χ0n) is 8.89. The molecule has 0 aliphatic carbocycles. The maximum absolute atomic E-state index is 5.37. The van der Waals surface area contributed by atoms with Gasteiger partial charge in [-0.05, 0) is 24.1 Å². The van der Waals surface area contributed by atoms with E-state index in [0.717, 1.165) is 6.54 Å². The summed E-state index contributed by atoms with van der Waals surface area (Å²) in [6.45, 7) is 3.51. The molecule has 2 heteroatoms. The summed E-state index contributed by atoms with van der Waals surface area (Å²) in [5.74, 6) is 0. The third-order valence-corrected chi connectivity index (χ3v) is 2.31. The fraction of sp³-hybridized carbons (Fsp3) is 0.231. The van der Waals surface area contributed by atoms with E-state index in [2.05, 4.69) is 36.4 Å². The lowest BCUT2D eigenvalue weighted by Crippen LogP contribution is -2.19. The van der Waals surface area contributed by atoms with Crippen molar-refractivity contribution in [2.75, 3.05) is 13.2 Å². The predicted molar refractivity (Wildman–Crippen MR) is 61.9 cm³/mol. The first-order valence-corrected chi connectivity index (χ1v) is 5.23. The first-order chi connectivity index (χ1) is 7.40. The van der Waals surface area contributed by atoms with Gasteiger partial charge in [0.1, 0.15) is 0 Å². The third-order valence-electron chi connectivity index (χ3n) is 2.31. The molecular weight excluding hydrogens is 186 g/mol. The van der Waals surface area contributed by atoms with Gasteiger partial charge in [0.25, 0.3) is 0 Å². The summed E-state index contributed by atoms with van der Waals surface area (Å²) in [6, 6.07) is 10.4. The Morgan fingerprint density at radius 3 is 2.67 bits per heavy atom. The molecule has 0 amide bonds. The second-order valence-corrected chi connectivity index (χ2v) is 3.36. The molecule has 2 rings (SSSR count). The molecule has 0 bridgehead atoms. The SMILES string of the molecule is CCON1C=CC(c2ccccc2)=CC1. The summed E-state index contributed by atoms with van der Waals surface area (Å²) < 4.78 is 0. The van der Waals surface area contributed by atoms with Gasteiger partial charge in [-0.1, -0.05) is 36.4 Å². The highest BCUT2D eigenvalue weighted by Gasteiger charge is 2.05. The number of hydrogen-bond donors (Lipinski definition) is 0. The smallest absolute Gasteiger partial charge is 0.0720 e. The van der Waals surface area contributed by atoms with Crippen molar-refractivity contribution in [1.82, 2.24) is 5.06 Å². The van der Waals surface area contributed by atoms with Gasteiger partial charge in [0.2, 0.25) is 0 Å². The van der Waals surface area contributed by atoms with Crippen LogP contribution in [-0.2, 0) is 4.84 Å². The molecule has 1 heterocycles. The van der Waals surface area contributed by atoms with Crippen molar-refractivity contribution >= 4 is 5.57 Å². The van der Waals surface area contributed by atoms with E-state index in [-0.39, 0.29) is 0 Å². The Bertz CT molecular complexity index is 367. The van der Waals surface area contributed by atoms with E-state index in [4.69, 9.17) is 4.84 Å². The molecule has 1 aromatic carbocycles. The minimum atomic E-state index is 0.707. The van der Waals surface area contributed by atoms with E-state index < -0.39 is 0 Å². The van der Waals surface area contributed by atoms with Crippen molar-refractivity contribution < 1.29 is 4.84 Å². The normalized spacial score (nSPS) is 15.3. The molecule has 0 radical (unpaired) electrons. The molecule has 0 saturated heterocycles. The Labute approximate surface area is 90.4 Å². The van der Waals surface area contributed by atoms with Crippen LogP contribution < -0.4 is 0 Å². The molecule has 2 nitrogen and oxygen atoms in total. The van der Waals surface area contributed by atoms with Gasteiger partial charge in [-0.3, -0.25) is 9.90 Å². The van der Waals surface area contributed by atoms with Crippen molar-refractivity contribution in [1.29, 1.82) is 0 Å². The van der Waals surface area contributed by atoms with E-state index in [1.165, 1.54) is 11.1 Å². The van der Waals surface area contributed by atoms with Crippen LogP contribution in [0.1, 0.15) is 12.5 Å². The third kappa shape index (κ3) is 2.48. The van der Waals surface area contributed by atoms with Crippen LogP contribution in [0.25, 0.3) is 5.57 Å². The Morgan fingerprint density at radius 2 is 2.07 bits per heavy atom. The molecule has 15 heavy (non-hydrogen) atoms. The van der Waals surface area contributed by atoms with Crippen LogP contribution in [0.2, 0.25) is 0 Å². The molecular formula is C13H15NO. The van der Waals surface area contributed by atoms with Gasteiger partial charge in [0, 0.05) is 6.20 Å². The highest BCUT2D eigenvalue weighted by molar-refractivity contribution is 5.74. The van der Waals surface area contributed by atoms with Crippen LogP contribution in [0.4, 0.5) is 0 Å². The van der Waals surface area contributed by atoms with Gasteiger partial charge in [-0.2, -0.15) is 0 Å². The lowest BCUT2D eigenvalue weighted by Gasteiger charge is -2.21. The summed E-state index contributed by atoms with van der Waals surface area (Å²) in [5, 5.41) is 1.84. The largest absolute Gasteiger partial charge is 0.274 e. The number of hydroxylamine groups is 2. The molecule has 78 valence electrons. The molecule has 0 saturated carbocycles. The maximum atomic E-state index is 5.37. The van der Waals surface area contributed by atoms with Crippen molar-refractivity contribution in [3.8, 4) is 0 Å². The van der Waals surface area contributed by atoms with Gasteiger partial charge < -0.3 is 0 Å². The average molecular weight is 201 g/mol. The minimum absolute atomic E-state index is 0.707. The second-order valence-electron chi connectivity index (χ2n) is 3.36. The lowest BCUT2D eigenvalue weighted by atomic mass is 10.0. The molecule has 1 aliphatic heterocycles. The van der Waals surface area contributed by atoms with E-state index >= 15 is 0 Å². The Morgan fingerprint density at radius 1 is 1.27 bits per heavy atom. The number of rotatable bonds is 3. The summed E-state index contributed by atoms with van der Waals surface area (Å²) in [7, 11) is 0. The summed E-state index contributed by atoms with van der Waals surface area (Å²) in [4.78, 5) is 5.37. The monoisotopic (exact) mass is 201 g/mol. The molecule has 1 aliphatic rings. The minimum Gasteiger partial charge on any atom is -0.274 e. The highest BCUT2D eigenvalue weighted by Crippen LogP contribution is 2.18. The van der Waals surface area contributed by atoms with Crippen LogP contribution in [0.15, 0.2) is 48.7 Å². The van der Waals surface area contributed by atoms with Crippen LogP contribution in [0.3, 0.4) is 0 Å². The zero-order chi connectivity index (χ0) is 10.5. The molecule has 0 aromatic heterocycles. The standard InChI is InChI=1S/C13H15NO/c1-2-15-14-10-8-13(9-11-14)12-6-4-3-5-7-12/h3-10H,2,11H2,1H3. The van der Waals surface area contributed by atoms with E-state index in [0.29, 0.717) is 6.61 Å². The lowest BCUT2D eigenvalue weighted by molar-refractivity contribution is -0.107. The summed E-state index contributed by atoms with van der Waals surface area (Å²) in [5.41, 5.74) is 2.51. The van der Waals surface area contributed by atoms with Gasteiger partial charge in [-0.15, -0.1) is 0 Å². The van der Waals surface area contributed by atoms with E-state index in [1.807, 2.05) is 24.3 Å². The summed E-state index contributed by atoms with van der Waals surface area (Å²) in [6.07, 6.45) is 6.23. The van der Waals surface area contributed by atoms with Crippen LogP contribution >= 0.6 is 0 Å². The van der Waals surface area contributed by atoms with Gasteiger partial charge in [0.05, 0.1) is 13.2 Å². The molecule has 0 N–H and O–H groups in total. The number of nitrogens with zero attached hydrogens (tertiary/aromatic N) is 1. The first-order valence-electron chi connectivity index (χ1n) is 5.23. The second kappa shape index (κ2) is 4.80. The van der Waals surface area contributed by atoms with Crippen LogP contribution in [-0.4, -0.2) is 18.2 Å². The summed E-state index contributed by atoms with van der Waals surface area (Å²) >= 11 is 0. The Balaban J connectivity index is 2.07. The fourth-order valence-electron chi connectivity index (χ4n) is 1.59. The van der Waals surface area contributed by atoms with Crippen molar-refractivity contribution in [2.24, 2.45) is 0 Å². The number of hydrogen-bond acceptors (Lipinski definition) is 2. The van der Waals surface area contributed by atoms with Gasteiger partial charge >= 0.3 is 0 Å². The predicted octanol–water partition coefficient (Wildman–Crippen LogP) is 2.85. The Kier molecular flexibility index (Phi) is 3.20. The molecule has 0 fully saturated rings. The average Bonchev–Trinajstić information content (AvgIpc) is 2.32. The van der Waals surface area contributed by atoms with Crippen LogP contribution in [0.5, 0.6) is 0 Å². The zero-order valence-corrected chi connectivity index (χ0v) is 8.89. The molecule has 0 spiro atoms. The molecule has 0 unspecified atom stereocenters. The van der Waals surface area contributed by atoms with Gasteiger partial charge in [-0.25, -0.2) is 0 Å². The number of allylic oxidation sites excluding steroid dienone is 2.